The van der Waals surface area contributed by atoms with Crippen molar-refractivity contribution < 1.29 is 4.74 Å². The van der Waals surface area contributed by atoms with E-state index in [9.17, 15) is 0 Å². The molecular weight excluding hydrogens is 148 g/mol. The zero-order valence-corrected chi connectivity index (χ0v) is 7.58. The molecule has 0 atom stereocenters. The SMILES string of the molecule is C#CCOc1ccccc1.CC. The highest BCUT2D eigenvalue weighted by atomic mass is 16.5. The molecule has 0 saturated heterocycles. The van der Waals surface area contributed by atoms with Crippen LogP contribution in [0.25, 0.3) is 0 Å². The smallest absolute Gasteiger partial charge is 0.148 e. The summed E-state index contributed by atoms with van der Waals surface area (Å²) in [4.78, 5) is 0. The van der Waals surface area contributed by atoms with Crippen LogP contribution in [-0.4, -0.2) is 6.61 Å². The Bertz CT molecular complexity index is 221. The van der Waals surface area contributed by atoms with Gasteiger partial charge in [0.25, 0.3) is 0 Å². The molecule has 1 aromatic rings. The van der Waals surface area contributed by atoms with Crippen molar-refractivity contribution in [1.29, 1.82) is 0 Å². The van der Waals surface area contributed by atoms with E-state index in [1.165, 1.54) is 0 Å². The van der Waals surface area contributed by atoms with E-state index in [0.717, 1.165) is 5.75 Å². The van der Waals surface area contributed by atoms with Gasteiger partial charge in [-0.1, -0.05) is 38.0 Å². The third-order valence-electron chi connectivity index (χ3n) is 1.07. The lowest BCUT2D eigenvalue weighted by Gasteiger charge is -1.98. The minimum absolute atomic E-state index is 0.337. The van der Waals surface area contributed by atoms with E-state index in [1.807, 2.05) is 44.2 Å². The van der Waals surface area contributed by atoms with Crippen molar-refractivity contribution in [2.75, 3.05) is 6.61 Å². The van der Waals surface area contributed by atoms with Crippen molar-refractivity contribution in [2.45, 2.75) is 13.8 Å². The summed E-state index contributed by atoms with van der Waals surface area (Å²) in [6.45, 7) is 4.34. The summed E-state index contributed by atoms with van der Waals surface area (Å²) in [6.07, 6.45) is 5.00. The van der Waals surface area contributed by atoms with Gasteiger partial charge < -0.3 is 4.74 Å². The topological polar surface area (TPSA) is 9.23 Å². The van der Waals surface area contributed by atoms with E-state index in [2.05, 4.69) is 5.92 Å². The Balaban J connectivity index is 0.000000561. The summed E-state index contributed by atoms with van der Waals surface area (Å²) < 4.78 is 5.12. The number of rotatable bonds is 2. The van der Waals surface area contributed by atoms with Crippen LogP contribution >= 0.6 is 0 Å². The van der Waals surface area contributed by atoms with Gasteiger partial charge >= 0.3 is 0 Å². The number of benzene rings is 1. The number of hydrogen-bond acceptors (Lipinski definition) is 1. The molecule has 0 amide bonds. The van der Waals surface area contributed by atoms with Gasteiger partial charge in [0.05, 0.1) is 0 Å². The Labute approximate surface area is 74.4 Å². The summed E-state index contributed by atoms with van der Waals surface area (Å²) in [7, 11) is 0. The second-order valence-corrected chi connectivity index (χ2v) is 1.81. The molecule has 0 spiro atoms. The average Bonchev–Trinajstić information content (AvgIpc) is 2.19. The van der Waals surface area contributed by atoms with Gasteiger partial charge in [0, 0.05) is 0 Å². The molecule has 64 valence electrons. The van der Waals surface area contributed by atoms with Crippen LogP contribution in [0, 0.1) is 12.3 Å². The molecule has 12 heavy (non-hydrogen) atoms. The summed E-state index contributed by atoms with van der Waals surface area (Å²) in [5.41, 5.74) is 0. The Kier molecular flexibility index (Phi) is 6.78. The zero-order chi connectivity index (χ0) is 9.23. The van der Waals surface area contributed by atoms with Crippen molar-refractivity contribution in [3.8, 4) is 18.1 Å². The lowest BCUT2D eigenvalue weighted by molar-refractivity contribution is 0.370. The summed E-state index contributed by atoms with van der Waals surface area (Å²) >= 11 is 0. The van der Waals surface area contributed by atoms with Crippen LogP contribution in [0.2, 0.25) is 0 Å². The van der Waals surface area contributed by atoms with E-state index >= 15 is 0 Å². The molecule has 1 aromatic carbocycles. The minimum atomic E-state index is 0.337. The maximum Gasteiger partial charge on any atom is 0.148 e. The van der Waals surface area contributed by atoms with Crippen molar-refractivity contribution in [2.24, 2.45) is 0 Å². The molecule has 0 bridgehead atoms. The highest BCUT2D eigenvalue weighted by molar-refractivity contribution is 5.21. The second kappa shape index (κ2) is 7.68. The third-order valence-corrected chi connectivity index (χ3v) is 1.07. The van der Waals surface area contributed by atoms with Gasteiger partial charge in [-0.25, -0.2) is 0 Å². The van der Waals surface area contributed by atoms with Crippen LogP contribution in [0.4, 0.5) is 0 Å². The van der Waals surface area contributed by atoms with Crippen molar-refractivity contribution in [3.63, 3.8) is 0 Å². The third kappa shape index (κ3) is 4.40. The first-order valence-electron chi connectivity index (χ1n) is 4.05. The quantitative estimate of drug-likeness (QED) is 0.607. The van der Waals surface area contributed by atoms with Crippen LogP contribution in [0.15, 0.2) is 30.3 Å². The maximum absolute atomic E-state index is 5.12. The molecule has 0 unspecified atom stereocenters. The highest BCUT2D eigenvalue weighted by Crippen LogP contribution is 2.06. The van der Waals surface area contributed by atoms with Crippen LogP contribution in [-0.2, 0) is 0 Å². The summed E-state index contributed by atoms with van der Waals surface area (Å²) in [6, 6.07) is 9.50. The number of terminal acetylenes is 1. The first-order valence-corrected chi connectivity index (χ1v) is 4.05. The first-order chi connectivity index (χ1) is 5.93. The molecule has 0 saturated carbocycles. The highest BCUT2D eigenvalue weighted by Gasteiger charge is 1.85. The molecule has 0 aromatic heterocycles. The second-order valence-electron chi connectivity index (χ2n) is 1.81. The van der Waals surface area contributed by atoms with Crippen molar-refractivity contribution in [3.05, 3.63) is 30.3 Å². The largest absolute Gasteiger partial charge is 0.481 e. The van der Waals surface area contributed by atoms with E-state index in [-0.39, 0.29) is 0 Å². The minimum Gasteiger partial charge on any atom is -0.481 e. The molecule has 0 radical (unpaired) electrons. The monoisotopic (exact) mass is 162 g/mol. The average molecular weight is 162 g/mol. The summed E-state index contributed by atoms with van der Waals surface area (Å²) in [5, 5.41) is 0. The van der Waals surface area contributed by atoms with Crippen LogP contribution in [0.3, 0.4) is 0 Å². The molecule has 1 rings (SSSR count). The van der Waals surface area contributed by atoms with Gasteiger partial charge in [-0.05, 0) is 12.1 Å². The number of hydrogen-bond donors (Lipinski definition) is 0. The van der Waals surface area contributed by atoms with Gasteiger partial charge in [-0.3, -0.25) is 0 Å². The van der Waals surface area contributed by atoms with E-state index < -0.39 is 0 Å². The Morgan fingerprint density at radius 3 is 2.33 bits per heavy atom. The molecule has 0 aliphatic carbocycles. The fourth-order valence-electron chi connectivity index (χ4n) is 0.642. The molecular formula is C11H14O. The lowest BCUT2D eigenvalue weighted by Crippen LogP contribution is -1.91. The number of ether oxygens (including phenoxy) is 1. The van der Waals surface area contributed by atoms with Crippen molar-refractivity contribution >= 4 is 0 Å². The molecule has 1 heteroatoms. The Morgan fingerprint density at radius 2 is 1.83 bits per heavy atom. The van der Waals surface area contributed by atoms with E-state index in [4.69, 9.17) is 11.2 Å². The van der Waals surface area contributed by atoms with Crippen LogP contribution < -0.4 is 4.74 Å². The molecule has 0 fully saturated rings. The molecule has 1 nitrogen and oxygen atoms in total. The predicted molar refractivity (Wildman–Crippen MR) is 52.1 cm³/mol. The molecule has 0 heterocycles. The Morgan fingerprint density at radius 1 is 1.25 bits per heavy atom. The van der Waals surface area contributed by atoms with E-state index in [0.29, 0.717) is 6.61 Å². The predicted octanol–water partition coefficient (Wildman–Crippen LogP) is 2.72. The molecule has 0 aliphatic rings. The van der Waals surface area contributed by atoms with E-state index in [1.54, 1.807) is 0 Å². The van der Waals surface area contributed by atoms with Gasteiger partial charge in [0.15, 0.2) is 0 Å². The van der Waals surface area contributed by atoms with Gasteiger partial charge in [-0.2, -0.15) is 0 Å². The van der Waals surface area contributed by atoms with Crippen LogP contribution in [0.1, 0.15) is 13.8 Å². The van der Waals surface area contributed by atoms with Crippen molar-refractivity contribution in [1.82, 2.24) is 0 Å². The van der Waals surface area contributed by atoms with Gasteiger partial charge in [0.2, 0.25) is 0 Å². The van der Waals surface area contributed by atoms with Gasteiger partial charge in [0.1, 0.15) is 12.4 Å². The fourth-order valence-corrected chi connectivity index (χ4v) is 0.642. The maximum atomic E-state index is 5.12. The first kappa shape index (κ1) is 10.6. The standard InChI is InChI=1S/C9H8O.C2H6/c1-2-8-10-9-6-4-3-5-7-9;1-2/h1,3-7H,8H2;1-2H3. The zero-order valence-electron chi connectivity index (χ0n) is 7.58. The van der Waals surface area contributed by atoms with Gasteiger partial charge in [-0.15, -0.1) is 6.42 Å². The normalized spacial score (nSPS) is 7.42. The number of para-hydroxylation sites is 1. The molecule has 0 N–H and O–H groups in total. The van der Waals surface area contributed by atoms with Crippen LogP contribution in [0.5, 0.6) is 5.75 Å². The molecule has 0 aliphatic heterocycles. The fraction of sp³-hybridized carbons (Fsp3) is 0.273. The Hall–Kier alpha value is -1.42. The summed E-state index contributed by atoms with van der Waals surface area (Å²) in [5.74, 6) is 3.21. The lowest BCUT2D eigenvalue weighted by atomic mass is 10.3.